The van der Waals surface area contributed by atoms with Crippen molar-refractivity contribution in [2.45, 2.75) is 23.9 Å². The van der Waals surface area contributed by atoms with Crippen molar-refractivity contribution in [1.82, 2.24) is 0 Å². The molecule has 0 nitrogen and oxygen atoms in total. The maximum absolute atomic E-state index is 3.95. The van der Waals surface area contributed by atoms with Gasteiger partial charge in [-0.25, -0.2) is 11.6 Å². The molecule has 0 heterocycles. The Labute approximate surface area is 341 Å². The molecule has 0 aromatic heterocycles. The summed E-state index contributed by atoms with van der Waals surface area (Å²) < 4.78 is 0. The van der Waals surface area contributed by atoms with Crippen LogP contribution in [0, 0.1) is 6.42 Å². The molecule has 0 N–H and O–H groups in total. The molecular weight excluding hydrogens is 787 g/mol. The number of hydrogen-bond acceptors (Lipinski definition) is 0. The molecule has 0 bridgehead atoms. The molecule has 8 rings (SSSR count). The van der Waals surface area contributed by atoms with Crippen molar-refractivity contribution in [1.29, 1.82) is 0 Å². The number of hydrogen-bond donors (Lipinski definition) is 0. The van der Waals surface area contributed by atoms with Crippen LogP contribution in [0.1, 0.15) is 33.4 Å². The predicted molar refractivity (Wildman–Crippen MR) is 214 cm³/mol. The average Bonchev–Trinajstić information content (AvgIpc) is 3.68. The molecule has 0 spiro atoms. The van der Waals surface area contributed by atoms with Crippen molar-refractivity contribution in [3.63, 3.8) is 0 Å². The summed E-state index contributed by atoms with van der Waals surface area (Å²) in [5.74, 6) is 0. The van der Waals surface area contributed by atoms with Gasteiger partial charge < -0.3 is 24.8 Å². The van der Waals surface area contributed by atoms with Gasteiger partial charge in [-0.2, -0.15) is 22.9 Å². The van der Waals surface area contributed by atoms with Crippen molar-refractivity contribution in [3.05, 3.63) is 220 Å². The Kier molecular flexibility index (Phi) is 13.6. The average molecular weight is 827 g/mol. The van der Waals surface area contributed by atoms with Gasteiger partial charge in [0.15, 0.2) is 0 Å². The molecule has 0 saturated carbocycles. The van der Waals surface area contributed by atoms with Crippen molar-refractivity contribution < 1.29 is 51.0 Å². The molecule has 0 atom stereocenters. The summed E-state index contributed by atoms with van der Waals surface area (Å²) in [5, 5.41) is 8.02. The molecule has 2 aliphatic carbocycles. The summed E-state index contributed by atoms with van der Waals surface area (Å²) in [7, 11) is 2.23. The van der Waals surface area contributed by atoms with Crippen LogP contribution < -0.4 is 35.3 Å². The van der Waals surface area contributed by atoms with E-state index in [0.717, 1.165) is 0 Å². The zero-order valence-corrected chi connectivity index (χ0v) is 36.8. The smallest absolute Gasteiger partial charge is 1.00 e. The van der Waals surface area contributed by atoms with Crippen LogP contribution in [0.5, 0.6) is 0 Å². The van der Waals surface area contributed by atoms with E-state index in [0.29, 0.717) is 0 Å². The standard InChI is InChI=1S/C24H23Si2.C21H17Si.2ClH.Zr/c1-26(2,18-25)23-22-16-10-9-11-19(22)17-24(23,20-12-5-3-6-13-20)21-14-7-4-8-15-21;22-20-15-21(16-9-3-1-4-10-16,17-11-5-2-6-12-17)19-14-8-7-13-18(19)20;;;/h3-16,18H,25H2,1-2H3;1-15H,22H2;2*1H;/q2*-1;;;+4/p-2. The molecule has 0 unspecified atom stereocenters. The minimum absolute atomic E-state index is 0. The van der Waals surface area contributed by atoms with Crippen LogP contribution in [0.3, 0.4) is 0 Å². The van der Waals surface area contributed by atoms with E-state index in [1.165, 1.54) is 49.0 Å². The number of benzene rings is 6. The Morgan fingerprint density at radius 3 is 1.47 bits per heavy atom. The Morgan fingerprint density at radius 1 is 0.569 bits per heavy atom. The van der Waals surface area contributed by atoms with Crippen LogP contribution in [0.15, 0.2) is 170 Å². The molecule has 0 aliphatic heterocycles. The summed E-state index contributed by atoms with van der Waals surface area (Å²) in [6.45, 7) is 4.92. The zero-order valence-electron chi connectivity index (χ0n) is 29.0. The predicted octanol–water partition coefficient (Wildman–Crippen LogP) is 0.115. The second kappa shape index (κ2) is 17.1. The molecule has 6 aromatic rings. The minimum atomic E-state index is -1.75. The molecule has 0 fully saturated rings. The van der Waals surface area contributed by atoms with Gasteiger partial charge in [0.05, 0.1) is 8.07 Å². The first-order chi connectivity index (χ1) is 23.4. The van der Waals surface area contributed by atoms with Crippen LogP contribution in [-0.2, 0) is 37.0 Å². The third-order valence-corrected chi connectivity index (χ3v) is 16.6. The zero-order chi connectivity index (χ0) is 33.2. The molecule has 0 saturated heterocycles. The summed E-state index contributed by atoms with van der Waals surface area (Å²) in [6, 6.07) is 61.0. The van der Waals surface area contributed by atoms with E-state index in [9.17, 15) is 0 Å². The summed E-state index contributed by atoms with van der Waals surface area (Å²) in [6.07, 6.45) is 6.38. The van der Waals surface area contributed by atoms with Gasteiger partial charge in [-0.15, -0.1) is 39.5 Å². The Morgan fingerprint density at radius 2 is 0.980 bits per heavy atom. The quantitative estimate of drug-likeness (QED) is 0.166. The van der Waals surface area contributed by atoms with E-state index < -0.39 is 8.07 Å². The number of rotatable bonds is 6. The minimum Gasteiger partial charge on any atom is -1.00 e. The van der Waals surface area contributed by atoms with Gasteiger partial charge in [0.2, 0.25) is 0 Å². The SMILES string of the molecule is C[Si](C)(C=[SiH2])C1=c2ccccc2=[C-]C1(c1ccccc1)c1ccccc1.[Cl-].[Cl-].[SiH2]=C1[CH-]C(c2ccccc2)(c2ccccc2)c2ccccc21.[Zr+4]. The second-order valence-corrected chi connectivity index (χ2v) is 19.5. The second-order valence-electron chi connectivity index (χ2n) is 13.2. The first-order valence-electron chi connectivity index (χ1n) is 16.7. The summed E-state index contributed by atoms with van der Waals surface area (Å²) in [5.41, 5.74) is 7.55. The summed E-state index contributed by atoms with van der Waals surface area (Å²) >= 11 is 0. The number of halogens is 2. The van der Waals surface area contributed by atoms with Gasteiger partial charge in [0.1, 0.15) is 0 Å². The first-order valence-corrected chi connectivity index (χ1v) is 21.3. The number of fused-ring (bicyclic) bond motifs is 2. The van der Waals surface area contributed by atoms with Crippen LogP contribution in [0.2, 0.25) is 13.1 Å². The third-order valence-electron chi connectivity index (χ3n) is 10.0. The molecule has 250 valence electrons. The molecule has 0 radical (unpaired) electrons. The molecule has 51 heavy (non-hydrogen) atoms. The topological polar surface area (TPSA) is 0 Å². The Hall–Kier alpha value is -3.22. The van der Waals surface area contributed by atoms with Crippen molar-refractivity contribution in [2.75, 3.05) is 0 Å². The summed E-state index contributed by atoms with van der Waals surface area (Å²) in [4.78, 5) is 0. The fourth-order valence-corrected chi connectivity index (χ4v) is 11.4. The molecule has 2 aliphatic rings. The first kappa shape index (κ1) is 40.6. The van der Waals surface area contributed by atoms with Gasteiger partial charge in [0, 0.05) is 0 Å². The van der Waals surface area contributed by atoms with Gasteiger partial charge in [0.25, 0.3) is 0 Å². The van der Waals surface area contributed by atoms with E-state index in [2.05, 4.69) is 201 Å². The van der Waals surface area contributed by atoms with Crippen LogP contribution in [0.25, 0.3) is 11.3 Å². The fourth-order valence-electron chi connectivity index (χ4n) is 7.76. The maximum Gasteiger partial charge on any atom is 4.00 e. The normalized spacial score (nSPS) is 14.3. The molecule has 0 amide bonds. The van der Waals surface area contributed by atoms with Gasteiger partial charge in [-0.05, 0) is 42.9 Å². The van der Waals surface area contributed by atoms with E-state index in [4.69, 9.17) is 0 Å². The van der Waals surface area contributed by atoms with Crippen LogP contribution in [-0.4, -0.2) is 38.2 Å². The third kappa shape index (κ3) is 7.25. The van der Waals surface area contributed by atoms with Crippen LogP contribution >= 0.6 is 0 Å². The molecule has 6 aromatic carbocycles. The molecular formula is C45H40Cl2Si3Zr. The van der Waals surface area contributed by atoms with Gasteiger partial charge >= 0.3 is 26.2 Å². The fraction of sp³-hybridized carbons (Fsp3) is 0.0889. The monoisotopic (exact) mass is 824 g/mol. The largest absolute Gasteiger partial charge is 4.00 e. The van der Waals surface area contributed by atoms with Crippen LogP contribution in [0.4, 0.5) is 0 Å². The Balaban J connectivity index is 0.000000218. The van der Waals surface area contributed by atoms with Crippen molar-refractivity contribution in [2.24, 2.45) is 0 Å². The van der Waals surface area contributed by atoms with Gasteiger partial charge in [-0.1, -0.05) is 169 Å². The van der Waals surface area contributed by atoms with Gasteiger partial charge in [-0.3, -0.25) is 0 Å². The van der Waals surface area contributed by atoms with E-state index >= 15 is 0 Å². The maximum atomic E-state index is 3.95. The van der Waals surface area contributed by atoms with Crippen molar-refractivity contribution in [3.8, 4) is 0 Å². The van der Waals surface area contributed by atoms with E-state index in [1.807, 2.05) is 19.7 Å². The van der Waals surface area contributed by atoms with E-state index in [1.54, 1.807) is 5.20 Å². The molecule has 6 heteroatoms. The van der Waals surface area contributed by atoms with Crippen molar-refractivity contribution >= 4 is 49.5 Å². The Bertz CT molecular complexity index is 2140. The van der Waals surface area contributed by atoms with E-state index in [-0.39, 0.29) is 61.8 Å².